The molecule has 0 radical (unpaired) electrons. The van der Waals surface area contributed by atoms with Gasteiger partial charge in [-0.15, -0.1) is 0 Å². The highest BCUT2D eigenvalue weighted by Crippen LogP contribution is 2.38. The first kappa shape index (κ1) is 24.2. The van der Waals surface area contributed by atoms with Gasteiger partial charge in [0.15, 0.2) is 0 Å². The lowest BCUT2D eigenvalue weighted by Crippen LogP contribution is -2.42. The van der Waals surface area contributed by atoms with E-state index >= 15 is 0 Å². The van der Waals surface area contributed by atoms with Crippen LogP contribution in [0.25, 0.3) is 0 Å². The lowest BCUT2D eigenvalue weighted by atomic mass is 9.93. The van der Waals surface area contributed by atoms with E-state index in [4.69, 9.17) is 0 Å². The maximum absolute atomic E-state index is 13.2. The number of nitro benzene ring substituents is 1. The summed E-state index contributed by atoms with van der Waals surface area (Å²) in [5, 5.41) is 14.6. The van der Waals surface area contributed by atoms with Crippen LogP contribution in [0.5, 0.6) is 0 Å². The van der Waals surface area contributed by atoms with Crippen molar-refractivity contribution in [3.63, 3.8) is 0 Å². The van der Waals surface area contributed by atoms with Gasteiger partial charge in [0.05, 0.1) is 16.5 Å². The van der Waals surface area contributed by atoms with Gasteiger partial charge in [0.25, 0.3) is 5.69 Å². The molecule has 4 rings (SSSR count). The van der Waals surface area contributed by atoms with Gasteiger partial charge in [0.1, 0.15) is 5.69 Å². The highest BCUT2D eigenvalue weighted by atomic mass is 19.4. The van der Waals surface area contributed by atoms with Crippen molar-refractivity contribution in [2.24, 2.45) is 5.92 Å². The van der Waals surface area contributed by atoms with Gasteiger partial charge in [0.2, 0.25) is 5.91 Å². The number of nitrogens with zero attached hydrogens (tertiary/aromatic N) is 3. The Bertz CT molecular complexity index is 1140. The van der Waals surface area contributed by atoms with E-state index in [0.717, 1.165) is 23.3 Å². The monoisotopic (exact) mass is 484 g/mol. The molecule has 10 heteroatoms. The fraction of sp³-hybridized carbons (Fsp3) is 0.280. The summed E-state index contributed by atoms with van der Waals surface area (Å²) >= 11 is 0. The highest BCUT2D eigenvalue weighted by Gasteiger charge is 2.35. The van der Waals surface area contributed by atoms with Crippen LogP contribution in [0.15, 0.2) is 73.1 Å². The van der Waals surface area contributed by atoms with Crippen LogP contribution < -0.4 is 10.2 Å². The minimum Gasteiger partial charge on any atom is -0.366 e. The van der Waals surface area contributed by atoms with Gasteiger partial charge < -0.3 is 10.2 Å². The van der Waals surface area contributed by atoms with Crippen LogP contribution in [0, 0.1) is 16.0 Å². The molecule has 2 aromatic carbocycles. The smallest absolute Gasteiger partial charge is 0.366 e. The highest BCUT2D eigenvalue weighted by molar-refractivity contribution is 5.80. The topological polar surface area (TPSA) is 88.4 Å². The first-order valence-corrected chi connectivity index (χ1v) is 11.1. The molecule has 35 heavy (non-hydrogen) atoms. The Balaban J connectivity index is 1.47. The van der Waals surface area contributed by atoms with E-state index in [1.54, 1.807) is 17.3 Å². The summed E-state index contributed by atoms with van der Waals surface area (Å²) in [6, 6.07) is 15.4. The number of benzene rings is 2. The molecule has 3 aromatic rings. The molecule has 0 aliphatic carbocycles. The molecular weight excluding hydrogens is 461 g/mol. The quantitative estimate of drug-likeness (QED) is 0.387. The first-order valence-electron chi connectivity index (χ1n) is 11.1. The van der Waals surface area contributed by atoms with Crippen LogP contribution in [0.4, 0.5) is 24.5 Å². The average molecular weight is 484 g/mol. The standard InChI is InChI=1S/C25H23F3N4O3/c26-25(27,28)20-6-7-21(22(16-20)32(34)35)31-14-10-19(11-15-31)24(33)30-23(17-4-2-1-3-5-17)18-8-12-29-13-9-18/h1-9,12-13,16,19,23H,10-11,14-15H2,(H,30,33). The Hall–Kier alpha value is -3.95. The molecule has 1 aliphatic heterocycles. The maximum Gasteiger partial charge on any atom is 0.416 e. The van der Waals surface area contributed by atoms with Gasteiger partial charge in [-0.25, -0.2) is 0 Å². The predicted octanol–water partition coefficient (Wildman–Crippen LogP) is 5.13. The zero-order valence-electron chi connectivity index (χ0n) is 18.6. The Kier molecular flexibility index (Phi) is 6.99. The number of nitrogens with one attached hydrogen (secondary N) is 1. The van der Waals surface area contributed by atoms with Gasteiger partial charge in [-0.2, -0.15) is 13.2 Å². The summed E-state index contributed by atoms with van der Waals surface area (Å²) in [6.07, 6.45) is -0.512. The van der Waals surface area contributed by atoms with E-state index in [-0.39, 0.29) is 23.6 Å². The SMILES string of the molecule is O=C(NC(c1ccccc1)c1ccncc1)C1CCN(c2ccc(C(F)(F)F)cc2[N+](=O)[O-])CC1. The fourth-order valence-corrected chi connectivity index (χ4v) is 4.32. The molecule has 1 aromatic heterocycles. The van der Waals surface area contributed by atoms with Crippen molar-refractivity contribution in [2.75, 3.05) is 18.0 Å². The van der Waals surface area contributed by atoms with Crippen LogP contribution in [0.3, 0.4) is 0 Å². The largest absolute Gasteiger partial charge is 0.416 e. The minimum atomic E-state index is -4.67. The molecule has 0 saturated carbocycles. The average Bonchev–Trinajstić information content (AvgIpc) is 2.87. The molecule has 1 amide bonds. The van der Waals surface area contributed by atoms with E-state index < -0.39 is 22.4 Å². The molecule has 1 saturated heterocycles. The summed E-state index contributed by atoms with van der Waals surface area (Å²) < 4.78 is 39.0. The second-order valence-electron chi connectivity index (χ2n) is 8.35. The molecule has 1 N–H and O–H groups in total. The number of carbonyl (C=O) groups excluding carboxylic acids is 1. The van der Waals surface area contributed by atoms with Crippen molar-refractivity contribution in [3.05, 3.63) is 99.9 Å². The van der Waals surface area contributed by atoms with Crippen molar-refractivity contribution < 1.29 is 22.9 Å². The summed E-state index contributed by atoms with van der Waals surface area (Å²) in [4.78, 5) is 29.5. The second kappa shape index (κ2) is 10.1. The number of rotatable bonds is 6. The third-order valence-corrected chi connectivity index (χ3v) is 6.16. The third kappa shape index (κ3) is 5.59. The maximum atomic E-state index is 13.2. The number of amides is 1. The number of piperidine rings is 1. The van der Waals surface area contributed by atoms with E-state index in [9.17, 15) is 28.1 Å². The minimum absolute atomic E-state index is 0.126. The Morgan fingerprint density at radius 2 is 1.66 bits per heavy atom. The molecule has 1 atom stereocenters. The van der Waals surface area contributed by atoms with Crippen molar-refractivity contribution in [2.45, 2.75) is 25.1 Å². The lowest BCUT2D eigenvalue weighted by Gasteiger charge is -2.33. The molecule has 1 aliphatic rings. The number of hydrogen-bond acceptors (Lipinski definition) is 5. The number of hydrogen-bond donors (Lipinski definition) is 1. The van der Waals surface area contributed by atoms with Crippen molar-refractivity contribution in [1.82, 2.24) is 10.3 Å². The predicted molar refractivity (Wildman–Crippen MR) is 124 cm³/mol. The third-order valence-electron chi connectivity index (χ3n) is 6.16. The normalized spacial score (nSPS) is 15.5. The van der Waals surface area contributed by atoms with Crippen LogP contribution in [-0.4, -0.2) is 28.9 Å². The molecule has 2 heterocycles. The van der Waals surface area contributed by atoms with Crippen LogP contribution >= 0.6 is 0 Å². The summed E-state index contributed by atoms with van der Waals surface area (Å²) in [7, 11) is 0. The van der Waals surface area contributed by atoms with Crippen LogP contribution in [0.1, 0.15) is 35.6 Å². The van der Waals surface area contributed by atoms with Crippen LogP contribution in [-0.2, 0) is 11.0 Å². The van der Waals surface area contributed by atoms with Gasteiger partial charge in [-0.3, -0.25) is 19.9 Å². The number of carbonyl (C=O) groups is 1. The lowest BCUT2D eigenvalue weighted by molar-refractivity contribution is -0.384. The number of anilines is 1. The summed E-state index contributed by atoms with van der Waals surface area (Å²) in [5.74, 6) is -0.468. The molecule has 1 fully saturated rings. The summed E-state index contributed by atoms with van der Waals surface area (Å²) in [6.45, 7) is 0.630. The molecular formula is C25H23F3N4O3. The number of aromatic nitrogens is 1. The molecule has 0 bridgehead atoms. The van der Waals surface area contributed by atoms with Gasteiger partial charge in [-0.1, -0.05) is 30.3 Å². The fourth-order valence-electron chi connectivity index (χ4n) is 4.32. The van der Waals surface area contributed by atoms with Gasteiger partial charge in [-0.05, 0) is 48.2 Å². The Labute approximate surface area is 199 Å². The molecule has 7 nitrogen and oxygen atoms in total. The Morgan fingerprint density at radius 1 is 1.03 bits per heavy atom. The van der Waals surface area contributed by atoms with E-state index in [2.05, 4.69) is 10.3 Å². The molecule has 0 spiro atoms. The first-order chi connectivity index (χ1) is 16.7. The second-order valence-corrected chi connectivity index (χ2v) is 8.35. The Morgan fingerprint density at radius 3 is 2.26 bits per heavy atom. The van der Waals surface area contributed by atoms with Gasteiger partial charge >= 0.3 is 6.18 Å². The number of nitro groups is 1. The van der Waals surface area contributed by atoms with E-state index in [1.165, 1.54) is 0 Å². The zero-order valence-corrected chi connectivity index (χ0v) is 18.6. The molecule has 1 unspecified atom stereocenters. The number of halogens is 3. The van der Waals surface area contributed by atoms with Crippen LogP contribution in [0.2, 0.25) is 0 Å². The van der Waals surface area contributed by atoms with Crippen molar-refractivity contribution >= 4 is 17.3 Å². The van der Waals surface area contributed by atoms with Crippen molar-refractivity contribution in [3.8, 4) is 0 Å². The van der Waals surface area contributed by atoms with Crippen molar-refractivity contribution in [1.29, 1.82) is 0 Å². The van der Waals surface area contributed by atoms with E-state index in [1.807, 2.05) is 42.5 Å². The van der Waals surface area contributed by atoms with E-state index in [0.29, 0.717) is 32.0 Å². The zero-order chi connectivity index (χ0) is 25.0. The summed E-state index contributed by atoms with van der Waals surface area (Å²) in [5.41, 5.74) is 0.276. The van der Waals surface area contributed by atoms with Gasteiger partial charge in [0, 0.05) is 37.5 Å². The number of alkyl halides is 3. The number of pyridine rings is 1. The molecule has 182 valence electrons.